The number of carbonyl (C=O) groups is 1. The number of nitrogens with zero attached hydrogens (tertiary/aromatic N) is 1. The summed E-state index contributed by atoms with van der Waals surface area (Å²) in [6, 6.07) is 9.15. The molecule has 0 aliphatic carbocycles. The number of benzene rings is 1. The van der Waals surface area contributed by atoms with Crippen molar-refractivity contribution in [2.24, 2.45) is 0 Å². The molecular formula is C14H13BrN2O3S. The van der Waals surface area contributed by atoms with Crippen LogP contribution in [0.5, 0.6) is 11.5 Å². The smallest absolute Gasteiger partial charge is 0.321 e. The lowest BCUT2D eigenvalue weighted by Crippen LogP contribution is -2.30. The summed E-state index contributed by atoms with van der Waals surface area (Å²) in [6.45, 7) is 0.784. The molecule has 0 saturated carbocycles. The van der Waals surface area contributed by atoms with Gasteiger partial charge in [-0.25, -0.2) is 4.79 Å². The Balaban J connectivity index is 1.63. The van der Waals surface area contributed by atoms with Gasteiger partial charge >= 0.3 is 6.03 Å². The van der Waals surface area contributed by atoms with Crippen LogP contribution in [0.2, 0.25) is 0 Å². The average Bonchev–Trinajstić information content (AvgIpc) is 3.07. The van der Waals surface area contributed by atoms with Crippen LogP contribution in [0, 0.1) is 0 Å². The predicted octanol–water partition coefficient (Wildman–Crippen LogP) is 3.90. The van der Waals surface area contributed by atoms with Crippen molar-refractivity contribution in [3.05, 3.63) is 39.0 Å². The molecule has 1 aromatic carbocycles. The Hall–Kier alpha value is -1.73. The zero-order valence-electron chi connectivity index (χ0n) is 11.3. The Labute approximate surface area is 134 Å². The van der Waals surface area contributed by atoms with Gasteiger partial charge in [-0.2, -0.15) is 0 Å². The van der Waals surface area contributed by atoms with Crippen LogP contribution in [-0.4, -0.2) is 24.8 Å². The molecule has 2 heterocycles. The molecule has 0 saturated heterocycles. The van der Waals surface area contributed by atoms with Crippen molar-refractivity contribution >= 4 is 39.0 Å². The summed E-state index contributed by atoms with van der Waals surface area (Å²) in [5, 5.41) is 2.84. The molecule has 5 nitrogen and oxygen atoms in total. The molecule has 0 atom stereocenters. The number of hydrogen-bond acceptors (Lipinski definition) is 4. The van der Waals surface area contributed by atoms with Gasteiger partial charge in [-0.15, -0.1) is 11.3 Å². The van der Waals surface area contributed by atoms with E-state index in [1.54, 1.807) is 41.5 Å². The molecule has 0 unspecified atom stereocenters. The third kappa shape index (κ3) is 3.30. The van der Waals surface area contributed by atoms with E-state index in [1.165, 1.54) is 0 Å². The van der Waals surface area contributed by atoms with E-state index in [9.17, 15) is 4.79 Å². The van der Waals surface area contributed by atoms with Gasteiger partial charge in [-0.3, -0.25) is 0 Å². The number of urea groups is 1. The molecule has 110 valence electrons. The van der Waals surface area contributed by atoms with Crippen LogP contribution in [0.25, 0.3) is 0 Å². The van der Waals surface area contributed by atoms with Crippen molar-refractivity contribution in [2.45, 2.75) is 6.54 Å². The summed E-state index contributed by atoms with van der Waals surface area (Å²) in [7, 11) is 1.76. The van der Waals surface area contributed by atoms with Gasteiger partial charge in [-0.1, -0.05) is 0 Å². The van der Waals surface area contributed by atoms with Crippen molar-refractivity contribution in [2.75, 3.05) is 19.2 Å². The van der Waals surface area contributed by atoms with Gasteiger partial charge in [0.05, 0.1) is 10.3 Å². The highest BCUT2D eigenvalue weighted by Gasteiger charge is 2.15. The molecular weight excluding hydrogens is 356 g/mol. The standard InChI is InChI=1S/C14H13BrN2O3S/c1-17(7-10-3-5-13(15)21-10)14(18)16-9-2-4-11-12(6-9)20-8-19-11/h2-6H,7-8H2,1H3,(H,16,18). The minimum atomic E-state index is -0.168. The maximum Gasteiger partial charge on any atom is 0.321 e. The number of fused-ring (bicyclic) bond motifs is 1. The van der Waals surface area contributed by atoms with Crippen molar-refractivity contribution in [3.8, 4) is 11.5 Å². The first-order valence-electron chi connectivity index (χ1n) is 6.28. The molecule has 7 heteroatoms. The Morgan fingerprint density at radius 3 is 2.90 bits per heavy atom. The van der Waals surface area contributed by atoms with Crippen molar-refractivity contribution in [1.82, 2.24) is 4.90 Å². The van der Waals surface area contributed by atoms with Crippen LogP contribution in [0.15, 0.2) is 34.1 Å². The fraction of sp³-hybridized carbons (Fsp3) is 0.214. The Bertz CT molecular complexity index is 674. The van der Waals surface area contributed by atoms with Crippen LogP contribution in [-0.2, 0) is 6.54 Å². The minimum Gasteiger partial charge on any atom is -0.454 e. The fourth-order valence-corrected chi connectivity index (χ4v) is 3.47. The molecule has 3 rings (SSSR count). The second-order valence-corrected chi connectivity index (χ2v) is 7.11. The molecule has 1 aliphatic rings. The summed E-state index contributed by atoms with van der Waals surface area (Å²) >= 11 is 5.03. The Kier molecular flexibility index (Phi) is 4.03. The first-order valence-corrected chi connectivity index (χ1v) is 7.89. The number of rotatable bonds is 3. The summed E-state index contributed by atoms with van der Waals surface area (Å²) in [6.07, 6.45) is 0. The van der Waals surface area contributed by atoms with Crippen LogP contribution in [0.4, 0.5) is 10.5 Å². The number of nitrogens with one attached hydrogen (secondary N) is 1. The van der Waals surface area contributed by atoms with E-state index in [0.717, 1.165) is 8.66 Å². The van der Waals surface area contributed by atoms with Crippen LogP contribution < -0.4 is 14.8 Å². The number of thiophene rings is 1. The van der Waals surface area contributed by atoms with Crippen LogP contribution in [0.1, 0.15) is 4.88 Å². The maximum atomic E-state index is 12.2. The highest BCUT2D eigenvalue weighted by Crippen LogP contribution is 2.34. The topological polar surface area (TPSA) is 50.8 Å². The molecule has 1 aliphatic heterocycles. The first kappa shape index (κ1) is 14.2. The van der Waals surface area contributed by atoms with Gasteiger partial charge < -0.3 is 19.7 Å². The zero-order chi connectivity index (χ0) is 14.8. The van der Waals surface area contributed by atoms with Crippen LogP contribution >= 0.6 is 27.3 Å². The van der Waals surface area contributed by atoms with E-state index in [-0.39, 0.29) is 12.8 Å². The quantitative estimate of drug-likeness (QED) is 0.893. The van der Waals surface area contributed by atoms with Crippen molar-refractivity contribution in [3.63, 3.8) is 0 Å². The SMILES string of the molecule is CN(Cc1ccc(Br)s1)C(=O)Nc1ccc2c(c1)OCO2. The summed E-state index contributed by atoms with van der Waals surface area (Å²) in [5.74, 6) is 1.35. The maximum absolute atomic E-state index is 12.2. The molecule has 0 fully saturated rings. The van der Waals surface area contributed by atoms with E-state index in [2.05, 4.69) is 21.2 Å². The van der Waals surface area contributed by atoms with E-state index in [0.29, 0.717) is 23.7 Å². The van der Waals surface area contributed by atoms with Gasteiger partial charge in [0, 0.05) is 23.7 Å². The molecule has 0 bridgehead atoms. The number of ether oxygens (including phenoxy) is 2. The average molecular weight is 369 g/mol. The van der Waals surface area contributed by atoms with Gasteiger partial charge in [0.15, 0.2) is 11.5 Å². The predicted molar refractivity (Wildman–Crippen MR) is 85.1 cm³/mol. The summed E-state index contributed by atoms with van der Waals surface area (Å²) < 4.78 is 11.6. The lowest BCUT2D eigenvalue weighted by atomic mass is 10.3. The van der Waals surface area contributed by atoms with Crippen LogP contribution in [0.3, 0.4) is 0 Å². The van der Waals surface area contributed by atoms with Gasteiger partial charge in [0.25, 0.3) is 0 Å². The highest BCUT2D eigenvalue weighted by atomic mass is 79.9. The normalized spacial score (nSPS) is 12.3. The minimum absolute atomic E-state index is 0.168. The first-order chi connectivity index (χ1) is 10.1. The third-order valence-corrected chi connectivity index (χ3v) is 4.60. The molecule has 2 amide bonds. The molecule has 1 aromatic heterocycles. The monoisotopic (exact) mass is 368 g/mol. The highest BCUT2D eigenvalue weighted by molar-refractivity contribution is 9.11. The molecule has 1 N–H and O–H groups in total. The Morgan fingerprint density at radius 1 is 1.33 bits per heavy atom. The van der Waals surface area contributed by atoms with E-state index >= 15 is 0 Å². The summed E-state index contributed by atoms with van der Waals surface area (Å²) in [5.41, 5.74) is 0.684. The number of anilines is 1. The number of amides is 2. The number of carbonyl (C=O) groups excluding carboxylic acids is 1. The summed E-state index contributed by atoms with van der Waals surface area (Å²) in [4.78, 5) is 14.9. The van der Waals surface area contributed by atoms with Gasteiger partial charge in [0.1, 0.15) is 0 Å². The van der Waals surface area contributed by atoms with Gasteiger partial charge in [-0.05, 0) is 40.2 Å². The van der Waals surface area contributed by atoms with E-state index < -0.39 is 0 Å². The Morgan fingerprint density at radius 2 is 2.14 bits per heavy atom. The lowest BCUT2D eigenvalue weighted by molar-refractivity contribution is 0.174. The molecule has 0 radical (unpaired) electrons. The van der Waals surface area contributed by atoms with Gasteiger partial charge in [0.2, 0.25) is 6.79 Å². The molecule has 2 aromatic rings. The number of hydrogen-bond donors (Lipinski definition) is 1. The van der Waals surface area contributed by atoms with Crippen molar-refractivity contribution in [1.29, 1.82) is 0 Å². The second kappa shape index (κ2) is 5.95. The fourth-order valence-electron chi connectivity index (χ4n) is 1.94. The van der Waals surface area contributed by atoms with E-state index in [1.807, 2.05) is 12.1 Å². The number of halogens is 1. The van der Waals surface area contributed by atoms with E-state index in [4.69, 9.17) is 9.47 Å². The lowest BCUT2D eigenvalue weighted by Gasteiger charge is -2.17. The zero-order valence-corrected chi connectivity index (χ0v) is 13.7. The van der Waals surface area contributed by atoms with Crippen molar-refractivity contribution < 1.29 is 14.3 Å². The molecule has 21 heavy (non-hydrogen) atoms. The largest absolute Gasteiger partial charge is 0.454 e. The second-order valence-electron chi connectivity index (χ2n) is 4.56. The third-order valence-electron chi connectivity index (χ3n) is 2.99. The molecule has 0 spiro atoms.